The zero-order chi connectivity index (χ0) is 13.4. The first-order valence-corrected chi connectivity index (χ1v) is 5.89. The number of ether oxygens (including phenoxy) is 1. The van der Waals surface area contributed by atoms with E-state index in [2.05, 4.69) is 0 Å². The van der Waals surface area contributed by atoms with Gasteiger partial charge in [0.15, 0.2) is 6.10 Å². The highest BCUT2D eigenvalue weighted by Crippen LogP contribution is 2.33. The lowest BCUT2D eigenvalue weighted by atomic mass is 9.99. The predicted octanol–water partition coefficient (Wildman–Crippen LogP) is 3.04. The molecule has 0 amide bonds. The molecule has 2 aromatic carbocycles. The van der Waals surface area contributed by atoms with Crippen molar-refractivity contribution in [2.24, 2.45) is 0 Å². The number of alkyl halides is 1. The summed E-state index contributed by atoms with van der Waals surface area (Å²) in [6.45, 7) is -0.857. The monoisotopic (exact) mass is 258 g/mol. The number of hydrogen-bond acceptors (Lipinski definition) is 2. The second-order valence-corrected chi connectivity index (χ2v) is 4.40. The van der Waals surface area contributed by atoms with Crippen molar-refractivity contribution < 1.29 is 19.0 Å². The fraction of sp³-hybridized carbons (Fsp3) is 0.133. The molecule has 0 radical (unpaired) electrons. The number of benzene rings is 2. The molecule has 1 N–H and O–H groups in total. The highest BCUT2D eigenvalue weighted by molar-refractivity contribution is 5.96. The molecule has 4 heteroatoms. The molecule has 3 nitrogen and oxygen atoms in total. The summed E-state index contributed by atoms with van der Waals surface area (Å²) in [5.74, 6) is -0.632. The first-order valence-electron chi connectivity index (χ1n) is 5.89. The van der Waals surface area contributed by atoms with Gasteiger partial charge in [0.1, 0.15) is 12.4 Å². The van der Waals surface area contributed by atoms with E-state index in [0.717, 1.165) is 10.8 Å². The van der Waals surface area contributed by atoms with Crippen LogP contribution in [0, 0.1) is 0 Å². The summed E-state index contributed by atoms with van der Waals surface area (Å²) in [6.07, 6.45) is 0.448. The van der Waals surface area contributed by atoms with Crippen molar-refractivity contribution in [2.45, 2.75) is 6.10 Å². The minimum absolute atomic E-state index is 0.0507. The van der Waals surface area contributed by atoms with Crippen LogP contribution in [0.5, 0.6) is 5.75 Å². The van der Waals surface area contributed by atoms with E-state index in [1.807, 2.05) is 36.4 Å². The Labute approximate surface area is 108 Å². The summed E-state index contributed by atoms with van der Waals surface area (Å²) in [7, 11) is 0. The Morgan fingerprint density at radius 1 is 1.26 bits per heavy atom. The summed E-state index contributed by atoms with van der Waals surface area (Å²) < 4.78 is 18.3. The molecule has 0 spiro atoms. The van der Waals surface area contributed by atoms with E-state index >= 15 is 0 Å². The molecule has 1 aliphatic rings. The van der Waals surface area contributed by atoms with Crippen LogP contribution in [0.15, 0.2) is 42.0 Å². The van der Waals surface area contributed by atoms with Crippen LogP contribution in [0.2, 0.25) is 0 Å². The molecular formula is C15H11FO3. The molecule has 0 fully saturated rings. The van der Waals surface area contributed by atoms with E-state index in [1.54, 1.807) is 0 Å². The zero-order valence-corrected chi connectivity index (χ0v) is 9.97. The highest BCUT2D eigenvalue weighted by atomic mass is 19.1. The van der Waals surface area contributed by atoms with Crippen LogP contribution in [0.25, 0.3) is 16.8 Å². The van der Waals surface area contributed by atoms with E-state index in [1.165, 1.54) is 6.08 Å². The fourth-order valence-electron chi connectivity index (χ4n) is 2.24. The van der Waals surface area contributed by atoms with Gasteiger partial charge < -0.3 is 9.84 Å². The summed E-state index contributed by atoms with van der Waals surface area (Å²) >= 11 is 0. The summed E-state index contributed by atoms with van der Waals surface area (Å²) in [5.41, 5.74) is 0.617. The van der Waals surface area contributed by atoms with Gasteiger partial charge in [0.2, 0.25) is 0 Å². The first-order chi connectivity index (χ1) is 9.19. The second kappa shape index (κ2) is 4.39. The fourth-order valence-corrected chi connectivity index (χ4v) is 2.24. The Morgan fingerprint density at radius 3 is 2.58 bits per heavy atom. The Morgan fingerprint density at radius 2 is 1.95 bits per heavy atom. The van der Waals surface area contributed by atoms with Gasteiger partial charge in [-0.3, -0.25) is 0 Å². The molecule has 2 aromatic rings. The quantitative estimate of drug-likeness (QED) is 0.900. The number of carbonyl (C=O) groups is 1. The Hall–Kier alpha value is -2.36. The number of aliphatic carboxylic acids is 1. The second-order valence-electron chi connectivity index (χ2n) is 4.40. The van der Waals surface area contributed by atoms with Crippen molar-refractivity contribution in [3.63, 3.8) is 0 Å². The van der Waals surface area contributed by atoms with Gasteiger partial charge in [-0.05, 0) is 29.0 Å². The number of carboxylic acid groups (broad SMARTS) is 1. The van der Waals surface area contributed by atoms with Gasteiger partial charge in [-0.25, -0.2) is 9.18 Å². The van der Waals surface area contributed by atoms with Crippen LogP contribution in [0.4, 0.5) is 4.39 Å². The molecule has 1 atom stereocenters. The van der Waals surface area contributed by atoms with Crippen LogP contribution >= 0.6 is 0 Å². The van der Waals surface area contributed by atoms with Gasteiger partial charge in [-0.1, -0.05) is 24.3 Å². The SMILES string of the molecule is O=C(O)C1=Cc2cc3ccccc3cc2OC1CF. The number of fused-ring (bicyclic) bond motifs is 2. The summed E-state index contributed by atoms with van der Waals surface area (Å²) in [6, 6.07) is 11.3. The third-order valence-electron chi connectivity index (χ3n) is 3.19. The van der Waals surface area contributed by atoms with Crippen LogP contribution in [-0.2, 0) is 4.79 Å². The molecule has 0 bridgehead atoms. The van der Waals surface area contributed by atoms with Crippen LogP contribution in [-0.4, -0.2) is 23.9 Å². The standard InChI is InChI=1S/C15H11FO3/c16-8-14-12(15(17)18)6-11-5-9-3-1-2-4-10(9)7-13(11)19-14/h1-7,14H,8H2,(H,17,18). The van der Waals surface area contributed by atoms with Crippen molar-refractivity contribution in [2.75, 3.05) is 6.67 Å². The Balaban J connectivity index is 2.19. The summed E-state index contributed by atoms with van der Waals surface area (Å²) in [5, 5.41) is 11.0. The van der Waals surface area contributed by atoms with Gasteiger partial charge >= 0.3 is 5.97 Å². The van der Waals surface area contributed by atoms with Gasteiger partial charge in [0.05, 0.1) is 5.57 Å². The molecule has 1 aliphatic heterocycles. The normalized spacial score (nSPS) is 17.5. The first kappa shape index (κ1) is 11.7. The van der Waals surface area contributed by atoms with E-state index in [-0.39, 0.29) is 5.57 Å². The van der Waals surface area contributed by atoms with Crippen molar-refractivity contribution in [1.82, 2.24) is 0 Å². The minimum atomic E-state index is -1.15. The molecule has 19 heavy (non-hydrogen) atoms. The number of halogens is 1. The lowest BCUT2D eigenvalue weighted by Gasteiger charge is -2.23. The maximum atomic E-state index is 12.9. The van der Waals surface area contributed by atoms with Gasteiger partial charge in [-0.2, -0.15) is 0 Å². The highest BCUT2D eigenvalue weighted by Gasteiger charge is 2.27. The number of hydrogen-bond donors (Lipinski definition) is 1. The Kier molecular flexibility index (Phi) is 2.71. The van der Waals surface area contributed by atoms with E-state index in [9.17, 15) is 9.18 Å². The van der Waals surface area contributed by atoms with Crippen molar-refractivity contribution in [1.29, 1.82) is 0 Å². The molecule has 0 aliphatic carbocycles. The van der Waals surface area contributed by atoms with Crippen molar-refractivity contribution in [3.8, 4) is 5.75 Å². The molecule has 0 aromatic heterocycles. The van der Waals surface area contributed by atoms with E-state index < -0.39 is 18.7 Å². The third kappa shape index (κ3) is 1.95. The van der Waals surface area contributed by atoms with Gasteiger partial charge in [-0.15, -0.1) is 0 Å². The topological polar surface area (TPSA) is 46.5 Å². The molecule has 0 saturated carbocycles. The lowest BCUT2D eigenvalue weighted by molar-refractivity contribution is -0.133. The predicted molar refractivity (Wildman–Crippen MR) is 70.0 cm³/mol. The average molecular weight is 258 g/mol. The van der Waals surface area contributed by atoms with E-state index in [0.29, 0.717) is 11.3 Å². The Bertz CT molecular complexity index is 691. The largest absolute Gasteiger partial charge is 0.482 e. The lowest BCUT2D eigenvalue weighted by Crippen LogP contribution is -2.29. The smallest absolute Gasteiger partial charge is 0.335 e. The zero-order valence-electron chi connectivity index (χ0n) is 9.97. The molecule has 1 heterocycles. The van der Waals surface area contributed by atoms with Crippen LogP contribution in [0.3, 0.4) is 0 Å². The molecule has 3 rings (SSSR count). The number of carboxylic acids is 1. The van der Waals surface area contributed by atoms with Crippen LogP contribution in [0.1, 0.15) is 5.56 Å². The minimum Gasteiger partial charge on any atom is -0.482 e. The molecule has 0 saturated heterocycles. The van der Waals surface area contributed by atoms with Crippen molar-refractivity contribution >= 4 is 22.8 Å². The molecule has 96 valence electrons. The molecular weight excluding hydrogens is 247 g/mol. The number of rotatable bonds is 2. The average Bonchev–Trinajstić information content (AvgIpc) is 2.43. The van der Waals surface area contributed by atoms with Crippen LogP contribution < -0.4 is 4.74 Å². The van der Waals surface area contributed by atoms with Gasteiger partial charge in [0.25, 0.3) is 0 Å². The summed E-state index contributed by atoms with van der Waals surface area (Å²) in [4.78, 5) is 11.1. The van der Waals surface area contributed by atoms with Gasteiger partial charge in [0, 0.05) is 5.56 Å². The van der Waals surface area contributed by atoms with Crippen molar-refractivity contribution in [3.05, 3.63) is 47.5 Å². The maximum absolute atomic E-state index is 12.9. The maximum Gasteiger partial charge on any atom is 0.335 e. The molecule has 1 unspecified atom stereocenters. The van der Waals surface area contributed by atoms with E-state index in [4.69, 9.17) is 9.84 Å². The third-order valence-corrected chi connectivity index (χ3v) is 3.19.